The van der Waals surface area contributed by atoms with Gasteiger partial charge in [-0.2, -0.15) is 0 Å². The molecule has 0 aliphatic carbocycles. The molecule has 2 heterocycles. The van der Waals surface area contributed by atoms with Crippen molar-refractivity contribution in [2.24, 2.45) is 0 Å². The zero-order valence-corrected chi connectivity index (χ0v) is 37.2. The van der Waals surface area contributed by atoms with Gasteiger partial charge >= 0.3 is 0 Å². The highest BCUT2D eigenvalue weighted by molar-refractivity contribution is 7.33. The number of para-hydroxylation sites is 1. The van der Waals surface area contributed by atoms with Gasteiger partial charge < -0.3 is 9.64 Å². The summed E-state index contributed by atoms with van der Waals surface area (Å²) in [6.07, 6.45) is 0. The van der Waals surface area contributed by atoms with Crippen LogP contribution >= 0.6 is 0 Å². The number of nitrogens with zero attached hydrogens (tertiary/aromatic N) is 1. The van der Waals surface area contributed by atoms with E-state index in [4.69, 9.17) is 4.74 Å². The summed E-state index contributed by atoms with van der Waals surface area (Å²) < 4.78 is 7.06. The number of hydrogen-bond donors (Lipinski definition) is 0. The molecule has 302 valence electrons. The van der Waals surface area contributed by atoms with Crippen molar-refractivity contribution in [3.63, 3.8) is 0 Å². The highest BCUT2D eigenvalue weighted by Crippen LogP contribution is 2.39. The van der Waals surface area contributed by atoms with Crippen LogP contribution in [0.3, 0.4) is 0 Å². The first-order valence-corrected chi connectivity index (χ1v) is 26.1. The van der Waals surface area contributed by atoms with Crippen LogP contribution in [0.2, 0.25) is 0 Å². The van der Waals surface area contributed by atoms with Gasteiger partial charge in [0.1, 0.15) is 11.5 Å². The normalized spacial score (nSPS) is 13.7. The summed E-state index contributed by atoms with van der Waals surface area (Å²) in [5, 5.41) is 11.1. The third-order valence-corrected chi connectivity index (χ3v) is 23.8. The van der Waals surface area contributed by atoms with Crippen LogP contribution in [0, 0.1) is 0 Å². The van der Waals surface area contributed by atoms with Gasteiger partial charge in [0.15, 0.2) is 16.1 Å². The molecule has 10 aromatic carbocycles. The molecular formula is C60H43NOSi2. The molecule has 0 bridgehead atoms. The van der Waals surface area contributed by atoms with Gasteiger partial charge in [0.25, 0.3) is 0 Å². The Labute approximate surface area is 377 Å². The maximum Gasteiger partial charge on any atom is 0.188 e. The molecule has 2 nitrogen and oxygen atoms in total. The number of rotatable bonds is 7. The monoisotopic (exact) mass is 849 g/mol. The van der Waals surface area contributed by atoms with Crippen molar-refractivity contribution in [1.29, 1.82) is 0 Å². The molecule has 12 rings (SSSR count). The van der Waals surface area contributed by atoms with Gasteiger partial charge in [0.2, 0.25) is 0 Å². The second-order valence-corrected chi connectivity index (χ2v) is 24.1. The van der Waals surface area contributed by atoms with E-state index in [1.165, 1.54) is 63.7 Å². The molecule has 0 saturated heterocycles. The first-order chi connectivity index (χ1) is 31.7. The first kappa shape index (κ1) is 38.0. The molecule has 10 aromatic rings. The lowest BCUT2D eigenvalue weighted by molar-refractivity contribution is 0.487. The minimum absolute atomic E-state index is 0.922. The number of fused-ring (bicyclic) bond motifs is 8. The van der Waals surface area contributed by atoms with Crippen molar-refractivity contribution >= 4 is 74.7 Å². The fraction of sp³-hybridized carbons (Fsp3) is 0. The summed E-state index contributed by atoms with van der Waals surface area (Å²) >= 11 is 0. The number of benzene rings is 10. The van der Waals surface area contributed by atoms with Crippen molar-refractivity contribution in [1.82, 2.24) is 0 Å². The molecule has 0 unspecified atom stereocenters. The summed E-state index contributed by atoms with van der Waals surface area (Å²) in [5.41, 5.74) is 8.03. The van der Waals surface area contributed by atoms with Crippen LogP contribution in [-0.2, 0) is 0 Å². The number of ether oxygens (including phenoxy) is 1. The van der Waals surface area contributed by atoms with Crippen molar-refractivity contribution in [2.45, 2.75) is 0 Å². The zero-order valence-electron chi connectivity index (χ0n) is 35.2. The molecule has 0 aromatic heterocycles. The average Bonchev–Trinajstić information content (AvgIpc) is 3.38. The van der Waals surface area contributed by atoms with Crippen molar-refractivity contribution in [3.05, 3.63) is 261 Å². The molecule has 2 aliphatic rings. The van der Waals surface area contributed by atoms with E-state index in [0.29, 0.717) is 0 Å². The zero-order chi connectivity index (χ0) is 42.5. The number of anilines is 3. The minimum Gasteiger partial charge on any atom is -0.458 e. The van der Waals surface area contributed by atoms with Gasteiger partial charge in [-0.25, -0.2) is 0 Å². The lowest BCUT2D eigenvalue weighted by atomic mass is 10.0. The van der Waals surface area contributed by atoms with E-state index in [2.05, 4.69) is 266 Å². The summed E-state index contributed by atoms with van der Waals surface area (Å²) in [6.45, 7) is 0. The van der Waals surface area contributed by atoms with E-state index in [-0.39, 0.29) is 0 Å². The van der Waals surface area contributed by atoms with E-state index >= 15 is 0 Å². The molecular weight excluding hydrogens is 807 g/mol. The van der Waals surface area contributed by atoms with Crippen LogP contribution in [-0.4, -0.2) is 16.1 Å². The van der Waals surface area contributed by atoms with E-state index in [1.54, 1.807) is 0 Å². The average molecular weight is 850 g/mol. The Morgan fingerprint density at radius 3 is 1.06 bits per heavy atom. The van der Waals surface area contributed by atoms with Crippen LogP contribution in [0.15, 0.2) is 261 Å². The second kappa shape index (κ2) is 15.5. The van der Waals surface area contributed by atoms with Gasteiger partial charge in [-0.15, -0.1) is 0 Å². The Balaban J connectivity index is 1.13. The van der Waals surface area contributed by atoms with Crippen LogP contribution in [0.5, 0.6) is 11.5 Å². The van der Waals surface area contributed by atoms with E-state index in [9.17, 15) is 0 Å². The number of hydrogen-bond acceptors (Lipinski definition) is 2. The third-order valence-electron chi connectivity index (χ3n) is 13.5. The van der Waals surface area contributed by atoms with Crippen molar-refractivity contribution in [2.75, 3.05) is 4.90 Å². The Hall–Kier alpha value is -7.77. The third kappa shape index (κ3) is 5.84. The molecule has 0 fully saturated rings. The van der Waals surface area contributed by atoms with Crippen LogP contribution in [0.4, 0.5) is 17.1 Å². The van der Waals surface area contributed by atoms with Gasteiger partial charge in [-0.3, -0.25) is 0 Å². The fourth-order valence-corrected chi connectivity index (χ4v) is 23.1. The summed E-state index contributed by atoms with van der Waals surface area (Å²) in [4.78, 5) is 2.42. The summed E-state index contributed by atoms with van der Waals surface area (Å²) in [5.74, 6) is 1.86. The van der Waals surface area contributed by atoms with Gasteiger partial charge in [0, 0.05) is 17.1 Å². The SMILES string of the molecule is c1ccc(-c2ccc(N(c3ccc(-c4ccccc4)cc3)c3ccc4c(c3)[Si]3(c5ccccc5O4)c4ccccc4[Si](c4ccccc4)(c4ccccc4)c4ccccc43)cc2)cc1. The lowest BCUT2D eigenvalue weighted by Crippen LogP contribution is -2.93. The van der Waals surface area contributed by atoms with Crippen LogP contribution < -0.4 is 51.1 Å². The van der Waals surface area contributed by atoms with E-state index in [1.807, 2.05) is 0 Å². The molecule has 0 amide bonds. The topological polar surface area (TPSA) is 12.5 Å². The minimum atomic E-state index is -3.11. The van der Waals surface area contributed by atoms with Gasteiger partial charge in [-0.05, 0) is 112 Å². The van der Waals surface area contributed by atoms with E-state index < -0.39 is 16.1 Å². The standard InChI is InChI=1S/C60H43NOSi2/c1-5-19-44(20-6-1)46-33-37-48(38-34-46)61(49-39-35-47(36-40-49)45-21-7-2-8-22-45)50-41-42-54-60(43-50)64(55-28-14-13-27-53(55)62-54)58-31-17-15-29-56(58)63(51-23-9-3-10-24-51,52-25-11-4-12-26-52)57-30-16-18-32-59(57)64/h1-43H. The Morgan fingerprint density at radius 2 is 0.594 bits per heavy atom. The van der Waals surface area contributed by atoms with E-state index in [0.717, 1.165) is 28.6 Å². The quantitative estimate of drug-likeness (QED) is 0.148. The molecule has 1 spiro atoms. The van der Waals surface area contributed by atoms with Crippen LogP contribution in [0.1, 0.15) is 0 Å². The highest BCUT2D eigenvalue weighted by Gasteiger charge is 2.59. The fourth-order valence-electron chi connectivity index (χ4n) is 10.8. The summed E-state index contributed by atoms with van der Waals surface area (Å²) in [7, 11) is -5.96. The maximum absolute atomic E-state index is 7.06. The van der Waals surface area contributed by atoms with Crippen molar-refractivity contribution < 1.29 is 4.74 Å². The summed E-state index contributed by atoms with van der Waals surface area (Å²) in [6, 6.07) is 96.7. The predicted molar refractivity (Wildman–Crippen MR) is 273 cm³/mol. The Bertz CT molecular complexity index is 3110. The van der Waals surface area contributed by atoms with Gasteiger partial charge in [0.05, 0.1) is 0 Å². The Kier molecular flexibility index (Phi) is 9.22. The van der Waals surface area contributed by atoms with Gasteiger partial charge in [-0.1, -0.05) is 212 Å². The largest absolute Gasteiger partial charge is 0.458 e. The predicted octanol–water partition coefficient (Wildman–Crippen LogP) is 9.66. The first-order valence-electron chi connectivity index (χ1n) is 22.1. The molecule has 0 N–H and O–H groups in total. The molecule has 4 heteroatoms. The second-order valence-electron chi connectivity index (χ2n) is 16.8. The molecule has 0 radical (unpaired) electrons. The lowest BCUT2D eigenvalue weighted by Gasteiger charge is -2.50. The molecule has 0 saturated carbocycles. The molecule has 0 atom stereocenters. The molecule has 2 aliphatic heterocycles. The van der Waals surface area contributed by atoms with Crippen LogP contribution in [0.25, 0.3) is 22.3 Å². The molecule has 64 heavy (non-hydrogen) atoms. The highest BCUT2D eigenvalue weighted by atomic mass is 28.3. The Morgan fingerprint density at radius 1 is 0.250 bits per heavy atom. The smallest absolute Gasteiger partial charge is 0.188 e. The van der Waals surface area contributed by atoms with Crippen molar-refractivity contribution in [3.8, 4) is 33.8 Å². The maximum atomic E-state index is 7.06.